The number of carbonyl (C=O) groups excluding carboxylic acids is 2. The van der Waals surface area contributed by atoms with Gasteiger partial charge in [-0.1, -0.05) is 42.8 Å². The predicted molar refractivity (Wildman–Crippen MR) is 114 cm³/mol. The van der Waals surface area contributed by atoms with Crippen molar-refractivity contribution in [1.82, 2.24) is 5.32 Å². The summed E-state index contributed by atoms with van der Waals surface area (Å²) in [7, 11) is 0. The van der Waals surface area contributed by atoms with E-state index >= 15 is 0 Å². The van der Waals surface area contributed by atoms with E-state index in [0.717, 1.165) is 31.2 Å². The highest BCUT2D eigenvalue weighted by Gasteiger charge is 2.40. The lowest BCUT2D eigenvalue weighted by Crippen LogP contribution is -2.48. The number of benzene rings is 2. The molecule has 29 heavy (non-hydrogen) atoms. The summed E-state index contributed by atoms with van der Waals surface area (Å²) in [6, 6.07) is 17.2. The molecule has 5 heteroatoms. The minimum absolute atomic E-state index is 0.0145. The Bertz CT molecular complexity index is 853. The highest BCUT2D eigenvalue weighted by atomic mass is 16.2. The number of amides is 2. The van der Waals surface area contributed by atoms with Crippen LogP contribution in [0.5, 0.6) is 0 Å². The molecule has 2 bridgehead atoms. The third kappa shape index (κ3) is 4.67. The van der Waals surface area contributed by atoms with Crippen LogP contribution in [-0.2, 0) is 11.3 Å². The van der Waals surface area contributed by atoms with Crippen LogP contribution < -0.4 is 16.4 Å². The van der Waals surface area contributed by atoms with Gasteiger partial charge in [-0.15, -0.1) is 0 Å². The second-order valence-corrected chi connectivity index (χ2v) is 8.44. The summed E-state index contributed by atoms with van der Waals surface area (Å²) in [6.07, 6.45) is 5.26. The van der Waals surface area contributed by atoms with Gasteiger partial charge in [0.05, 0.1) is 0 Å². The van der Waals surface area contributed by atoms with E-state index in [2.05, 4.69) is 10.6 Å². The monoisotopic (exact) mass is 391 g/mol. The molecule has 2 fully saturated rings. The van der Waals surface area contributed by atoms with Crippen LogP contribution in [0.25, 0.3) is 0 Å². The SMILES string of the molecule is NC1C2CCCC1CC(C(=O)Nc1cccc(C(=O)NCc3ccccc3)c1)C2. The van der Waals surface area contributed by atoms with Crippen LogP contribution in [0.1, 0.15) is 48.0 Å². The van der Waals surface area contributed by atoms with E-state index in [0.29, 0.717) is 29.6 Å². The number of hydrogen-bond donors (Lipinski definition) is 3. The van der Waals surface area contributed by atoms with Crippen molar-refractivity contribution in [2.75, 3.05) is 5.32 Å². The summed E-state index contributed by atoms with van der Waals surface area (Å²) in [6.45, 7) is 0.474. The maximum atomic E-state index is 12.8. The third-order valence-electron chi connectivity index (χ3n) is 6.47. The van der Waals surface area contributed by atoms with E-state index in [9.17, 15) is 9.59 Å². The summed E-state index contributed by atoms with van der Waals surface area (Å²) in [4.78, 5) is 25.3. The lowest BCUT2D eigenvalue weighted by atomic mass is 9.65. The Labute approximate surface area is 172 Å². The predicted octanol–water partition coefficient (Wildman–Crippen LogP) is 3.71. The summed E-state index contributed by atoms with van der Waals surface area (Å²) in [5.41, 5.74) is 8.61. The molecule has 4 rings (SSSR count). The first-order valence-electron chi connectivity index (χ1n) is 10.6. The van der Waals surface area contributed by atoms with E-state index in [-0.39, 0.29) is 23.8 Å². The molecule has 152 valence electrons. The molecule has 0 aliphatic heterocycles. The average molecular weight is 392 g/mol. The Morgan fingerprint density at radius 1 is 0.966 bits per heavy atom. The third-order valence-corrected chi connectivity index (χ3v) is 6.47. The molecule has 4 N–H and O–H groups in total. The van der Waals surface area contributed by atoms with Crippen molar-refractivity contribution in [1.29, 1.82) is 0 Å². The fraction of sp³-hybridized carbons (Fsp3) is 0.417. The van der Waals surface area contributed by atoms with Crippen LogP contribution in [0.15, 0.2) is 54.6 Å². The molecule has 2 aliphatic carbocycles. The number of rotatable bonds is 5. The van der Waals surface area contributed by atoms with E-state index in [4.69, 9.17) is 5.73 Å². The Kier molecular flexibility index (Phi) is 5.95. The fourth-order valence-corrected chi connectivity index (χ4v) is 4.87. The van der Waals surface area contributed by atoms with Crippen molar-refractivity contribution in [3.8, 4) is 0 Å². The van der Waals surface area contributed by atoms with Crippen LogP contribution in [0, 0.1) is 17.8 Å². The number of hydrogen-bond acceptors (Lipinski definition) is 3. The van der Waals surface area contributed by atoms with Crippen LogP contribution in [-0.4, -0.2) is 17.9 Å². The second kappa shape index (κ2) is 8.78. The van der Waals surface area contributed by atoms with Gasteiger partial charge in [0, 0.05) is 29.8 Å². The van der Waals surface area contributed by atoms with E-state index < -0.39 is 0 Å². The van der Waals surface area contributed by atoms with E-state index in [1.54, 1.807) is 18.2 Å². The van der Waals surface area contributed by atoms with E-state index in [1.807, 2.05) is 36.4 Å². The summed E-state index contributed by atoms with van der Waals surface area (Å²) in [5, 5.41) is 5.95. The molecule has 2 amide bonds. The highest BCUT2D eigenvalue weighted by Crippen LogP contribution is 2.42. The molecule has 0 saturated heterocycles. The molecule has 0 spiro atoms. The molecule has 2 aliphatic rings. The van der Waals surface area contributed by atoms with Gasteiger partial charge in [0.1, 0.15) is 0 Å². The van der Waals surface area contributed by atoms with Crippen LogP contribution in [0.3, 0.4) is 0 Å². The van der Waals surface area contributed by atoms with Crippen molar-refractivity contribution in [2.45, 2.75) is 44.7 Å². The number of nitrogens with one attached hydrogen (secondary N) is 2. The molecule has 2 aromatic carbocycles. The van der Waals surface area contributed by atoms with Gasteiger partial charge >= 0.3 is 0 Å². The van der Waals surface area contributed by atoms with Gasteiger partial charge in [-0.3, -0.25) is 9.59 Å². The molecule has 2 atom stereocenters. The zero-order chi connectivity index (χ0) is 20.2. The maximum Gasteiger partial charge on any atom is 0.251 e. The number of nitrogens with two attached hydrogens (primary N) is 1. The van der Waals surface area contributed by atoms with Crippen molar-refractivity contribution in [2.24, 2.45) is 23.5 Å². The summed E-state index contributed by atoms with van der Waals surface area (Å²) in [5.74, 6) is 0.848. The second-order valence-electron chi connectivity index (χ2n) is 8.44. The fourth-order valence-electron chi connectivity index (χ4n) is 4.87. The van der Waals surface area contributed by atoms with Gasteiger partial charge in [0.25, 0.3) is 5.91 Å². The van der Waals surface area contributed by atoms with Gasteiger partial charge in [0.2, 0.25) is 5.91 Å². The summed E-state index contributed by atoms with van der Waals surface area (Å²) >= 11 is 0. The zero-order valence-electron chi connectivity index (χ0n) is 16.6. The molecule has 2 saturated carbocycles. The number of fused-ring (bicyclic) bond motifs is 2. The first kappa shape index (κ1) is 19.6. The smallest absolute Gasteiger partial charge is 0.251 e. The largest absolute Gasteiger partial charge is 0.348 e. The first-order valence-corrected chi connectivity index (χ1v) is 10.6. The topological polar surface area (TPSA) is 84.2 Å². The first-order chi connectivity index (χ1) is 14.1. The maximum absolute atomic E-state index is 12.8. The molecular formula is C24H29N3O2. The highest BCUT2D eigenvalue weighted by molar-refractivity contribution is 5.97. The lowest BCUT2D eigenvalue weighted by molar-refractivity contribution is -0.122. The molecule has 5 nitrogen and oxygen atoms in total. The Hall–Kier alpha value is -2.66. The van der Waals surface area contributed by atoms with Crippen LogP contribution in [0.4, 0.5) is 5.69 Å². The Morgan fingerprint density at radius 3 is 2.41 bits per heavy atom. The Morgan fingerprint density at radius 2 is 1.69 bits per heavy atom. The van der Waals surface area contributed by atoms with Gasteiger partial charge < -0.3 is 16.4 Å². The molecule has 2 aromatic rings. The average Bonchev–Trinajstić information content (AvgIpc) is 2.72. The van der Waals surface area contributed by atoms with Gasteiger partial charge in [-0.25, -0.2) is 0 Å². The molecule has 0 radical (unpaired) electrons. The summed E-state index contributed by atoms with van der Waals surface area (Å²) < 4.78 is 0. The lowest BCUT2D eigenvalue weighted by Gasteiger charge is -2.43. The van der Waals surface area contributed by atoms with Crippen LogP contribution in [0.2, 0.25) is 0 Å². The van der Waals surface area contributed by atoms with Gasteiger partial charge in [-0.2, -0.15) is 0 Å². The van der Waals surface area contributed by atoms with Crippen molar-refractivity contribution < 1.29 is 9.59 Å². The van der Waals surface area contributed by atoms with Crippen molar-refractivity contribution in [3.05, 3.63) is 65.7 Å². The normalized spacial score (nSPS) is 25.8. The number of anilines is 1. The quantitative estimate of drug-likeness (QED) is 0.726. The minimum atomic E-state index is -0.150. The zero-order valence-corrected chi connectivity index (χ0v) is 16.6. The standard InChI is InChI=1S/C24H29N3O2/c25-22-17-8-4-9-18(22)13-20(12-17)24(29)27-21-11-5-10-19(14-21)23(28)26-15-16-6-2-1-3-7-16/h1-3,5-7,10-11,14,17-18,20,22H,4,8-9,12-13,15,25H2,(H,26,28)(H,27,29). The van der Waals surface area contributed by atoms with Gasteiger partial charge in [0.15, 0.2) is 0 Å². The molecule has 0 aromatic heterocycles. The minimum Gasteiger partial charge on any atom is -0.348 e. The Balaban J connectivity index is 1.36. The number of carbonyl (C=O) groups is 2. The molecule has 0 heterocycles. The van der Waals surface area contributed by atoms with Crippen molar-refractivity contribution in [3.63, 3.8) is 0 Å². The van der Waals surface area contributed by atoms with E-state index in [1.165, 1.54) is 6.42 Å². The van der Waals surface area contributed by atoms with Crippen LogP contribution >= 0.6 is 0 Å². The molecular weight excluding hydrogens is 362 g/mol. The molecule has 2 unspecified atom stereocenters. The van der Waals surface area contributed by atoms with Crippen molar-refractivity contribution >= 4 is 17.5 Å². The van der Waals surface area contributed by atoms with Gasteiger partial charge in [-0.05, 0) is 61.3 Å².